The summed E-state index contributed by atoms with van der Waals surface area (Å²) in [6.07, 6.45) is 2.37. The van der Waals surface area contributed by atoms with Gasteiger partial charge in [-0.25, -0.2) is 8.42 Å². The predicted octanol–water partition coefficient (Wildman–Crippen LogP) is 4.08. The zero-order chi connectivity index (χ0) is 25.4. The van der Waals surface area contributed by atoms with Crippen molar-refractivity contribution in [2.24, 2.45) is 0 Å². The van der Waals surface area contributed by atoms with E-state index in [1.54, 1.807) is 35.9 Å². The Morgan fingerprint density at radius 2 is 2.00 bits per heavy atom. The van der Waals surface area contributed by atoms with Crippen LogP contribution in [0.25, 0.3) is 0 Å². The van der Waals surface area contributed by atoms with Gasteiger partial charge in [-0.3, -0.25) is 14.2 Å². The van der Waals surface area contributed by atoms with E-state index >= 15 is 0 Å². The molecule has 1 aromatic carbocycles. The number of benzene rings is 1. The lowest BCUT2D eigenvalue weighted by Crippen LogP contribution is -2.32. The van der Waals surface area contributed by atoms with E-state index in [2.05, 4.69) is 20.0 Å². The lowest BCUT2D eigenvalue weighted by molar-refractivity contribution is -0.119. The van der Waals surface area contributed by atoms with Gasteiger partial charge in [0.2, 0.25) is 27.7 Å². The number of halogens is 2. The number of amides is 1. The van der Waals surface area contributed by atoms with Crippen LogP contribution in [-0.4, -0.2) is 40.1 Å². The zero-order valence-corrected chi connectivity index (χ0v) is 21.8. The molecule has 2 heterocycles. The average molecular weight is 544 g/mol. The van der Waals surface area contributed by atoms with E-state index in [-0.39, 0.29) is 31.1 Å². The molecule has 0 aliphatic carbocycles. The molecule has 3 aromatic rings. The number of sulfonamides is 1. The first-order chi connectivity index (χ1) is 16.6. The lowest BCUT2D eigenvalue weighted by atomic mass is 10.2. The molecule has 0 saturated heterocycles. The van der Waals surface area contributed by atoms with Gasteiger partial charge in [0, 0.05) is 35.2 Å². The van der Waals surface area contributed by atoms with Gasteiger partial charge in [0.25, 0.3) is 5.89 Å². The van der Waals surface area contributed by atoms with Crippen LogP contribution < -0.4 is 9.46 Å². The molecule has 3 rings (SSSR count). The molecule has 0 atom stereocenters. The normalized spacial score (nSPS) is 11.5. The molecular weight excluding hydrogens is 517 g/mol. The minimum atomic E-state index is -3.66. The number of hydrogen-bond acceptors (Lipinski definition) is 8. The van der Waals surface area contributed by atoms with E-state index in [1.165, 1.54) is 0 Å². The van der Waals surface area contributed by atoms with Crippen molar-refractivity contribution in [2.45, 2.75) is 59.1 Å². The van der Waals surface area contributed by atoms with Crippen molar-refractivity contribution in [1.82, 2.24) is 24.7 Å². The first-order valence-corrected chi connectivity index (χ1v) is 13.5. The molecule has 13 heteroatoms. The highest BCUT2D eigenvalue weighted by molar-refractivity contribution is 7.90. The minimum absolute atomic E-state index is 0.0233. The Morgan fingerprint density at radius 3 is 2.69 bits per heavy atom. The maximum Gasteiger partial charge on any atom is 0.253 e. The maximum atomic E-state index is 12.3. The number of ether oxygens (including phenoxy) is 1. The highest BCUT2D eigenvalue weighted by atomic mass is 35.5. The highest BCUT2D eigenvalue weighted by Gasteiger charge is 2.17. The first-order valence-electron chi connectivity index (χ1n) is 11.1. The summed E-state index contributed by atoms with van der Waals surface area (Å²) in [5.41, 5.74) is 1.42. The second-order valence-electron chi connectivity index (χ2n) is 7.92. The fourth-order valence-electron chi connectivity index (χ4n) is 3.24. The van der Waals surface area contributed by atoms with Gasteiger partial charge in [0.15, 0.2) is 6.61 Å². The van der Waals surface area contributed by atoms with Crippen molar-refractivity contribution in [2.75, 3.05) is 5.75 Å². The second kappa shape index (κ2) is 12.4. The Balaban J connectivity index is 1.70. The third-order valence-electron chi connectivity index (χ3n) is 4.98. The van der Waals surface area contributed by atoms with Crippen LogP contribution in [0, 0.1) is 6.92 Å². The van der Waals surface area contributed by atoms with Crippen LogP contribution in [0.1, 0.15) is 55.6 Å². The van der Waals surface area contributed by atoms with Crippen LogP contribution >= 0.6 is 23.2 Å². The Hall–Kier alpha value is -2.63. The van der Waals surface area contributed by atoms with E-state index in [0.717, 1.165) is 18.4 Å². The zero-order valence-electron chi connectivity index (χ0n) is 19.5. The van der Waals surface area contributed by atoms with Crippen molar-refractivity contribution >= 4 is 39.1 Å². The SMILES string of the molecule is CCCCCS(=O)(=O)NC(=O)CCc1cc(OCc2nnc(C)o2)nn1Cc1ccc(Cl)cc1Cl. The number of carbonyl (C=O) groups is 1. The van der Waals surface area contributed by atoms with Gasteiger partial charge in [-0.15, -0.1) is 15.3 Å². The Bertz CT molecular complexity index is 1260. The number of hydrogen-bond donors (Lipinski definition) is 1. The topological polar surface area (TPSA) is 129 Å². The second-order valence-corrected chi connectivity index (χ2v) is 10.6. The lowest BCUT2D eigenvalue weighted by Gasteiger charge is -2.10. The van der Waals surface area contributed by atoms with E-state index in [4.69, 9.17) is 32.4 Å². The van der Waals surface area contributed by atoms with Crippen molar-refractivity contribution < 1.29 is 22.4 Å². The molecule has 0 unspecified atom stereocenters. The Kier molecular flexibility index (Phi) is 9.53. The summed E-state index contributed by atoms with van der Waals surface area (Å²) < 4.78 is 39.0. The fourth-order valence-corrected chi connectivity index (χ4v) is 4.84. The molecule has 0 saturated carbocycles. The van der Waals surface area contributed by atoms with Crippen LogP contribution in [0.4, 0.5) is 0 Å². The minimum Gasteiger partial charge on any atom is -0.467 e. The van der Waals surface area contributed by atoms with Crippen LogP contribution in [0.3, 0.4) is 0 Å². The third kappa shape index (κ3) is 8.52. The molecule has 1 amide bonds. The van der Waals surface area contributed by atoms with Crippen molar-refractivity contribution in [3.63, 3.8) is 0 Å². The molecule has 10 nitrogen and oxygen atoms in total. The van der Waals surface area contributed by atoms with Crippen molar-refractivity contribution in [3.8, 4) is 5.88 Å². The molecule has 0 fully saturated rings. The largest absolute Gasteiger partial charge is 0.467 e. The van der Waals surface area contributed by atoms with Gasteiger partial charge in [0.1, 0.15) is 0 Å². The quantitative estimate of drug-likeness (QED) is 0.319. The van der Waals surface area contributed by atoms with Crippen LogP contribution in [0.5, 0.6) is 5.88 Å². The number of unbranched alkanes of at least 4 members (excludes halogenated alkanes) is 2. The van der Waals surface area contributed by atoms with E-state index in [1.807, 2.05) is 6.92 Å². The number of nitrogens with one attached hydrogen (secondary N) is 1. The first kappa shape index (κ1) is 27.0. The number of aryl methyl sites for hydroxylation is 2. The van der Waals surface area contributed by atoms with Crippen molar-refractivity contribution in [3.05, 3.63) is 57.3 Å². The molecule has 1 N–H and O–H groups in total. The summed E-state index contributed by atoms with van der Waals surface area (Å²) in [6, 6.07) is 6.81. The van der Waals surface area contributed by atoms with Crippen LogP contribution in [-0.2, 0) is 34.4 Å². The van der Waals surface area contributed by atoms with E-state index in [9.17, 15) is 13.2 Å². The fraction of sp³-hybridized carbons (Fsp3) is 0.455. The molecule has 0 bridgehead atoms. The molecule has 2 aromatic heterocycles. The van der Waals surface area contributed by atoms with Crippen LogP contribution in [0.2, 0.25) is 10.0 Å². The van der Waals surface area contributed by atoms with Gasteiger partial charge < -0.3 is 9.15 Å². The van der Waals surface area contributed by atoms with E-state index < -0.39 is 15.9 Å². The summed E-state index contributed by atoms with van der Waals surface area (Å²) >= 11 is 12.3. The Labute approximate surface area is 214 Å². The Morgan fingerprint density at radius 1 is 1.20 bits per heavy atom. The van der Waals surface area contributed by atoms with Crippen molar-refractivity contribution in [1.29, 1.82) is 0 Å². The summed E-state index contributed by atoms with van der Waals surface area (Å²) in [5, 5.41) is 13.1. The van der Waals surface area contributed by atoms with Crippen LogP contribution in [0.15, 0.2) is 28.7 Å². The number of nitrogens with zero attached hydrogens (tertiary/aromatic N) is 4. The van der Waals surface area contributed by atoms with Gasteiger partial charge in [-0.1, -0.05) is 49.0 Å². The smallest absolute Gasteiger partial charge is 0.253 e. The summed E-state index contributed by atoms with van der Waals surface area (Å²) in [7, 11) is -3.66. The standard InChI is InChI=1S/C22H27Cl2N5O5S/c1-3-4-5-10-35(31,32)28-20(30)9-8-18-12-21(33-14-22-26-25-15(2)34-22)27-29(18)13-16-6-7-17(23)11-19(16)24/h6-7,11-12H,3-5,8-10,13-14H2,1-2H3,(H,28,30). The molecule has 0 aliphatic heterocycles. The van der Waals surface area contributed by atoms with Gasteiger partial charge in [0.05, 0.1) is 12.3 Å². The summed E-state index contributed by atoms with van der Waals surface area (Å²) in [5.74, 6) is 0.346. The van der Waals surface area contributed by atoms with Gasteiger partial charge >= 0.3 is 0 Å². The number of rotatable bonds is 13. The third-order valence-corrected chi connectivity index (χ3v) is 6.93. The summed E-state index contributed by atoms with van der Waals surface area (Å²) in [6.45, 7) is 3.97. The van der Waals surface area contributed by atoms with E-state index in [0.29, 0.717) is 40.5 Å². The molecular formula is C22H27Cl2N5O5S. The molecule has 0 spiro atoms. The maximum absolute atomic E-state index is 12.3. The predicted molar refractivity (Wildman–Crippen MR) is 131 cm³/mol. The average Bonchev–Trinajstić information content (AvgIpc) is 3.38. The molecule has 190 valence electrons. The molecule has 0 aliphatic rings. The highest BCUT2D eigenvalue weighted by Crippen LogP contribution is 2.24. The number of carbonyl (C=O) groups excluding carboxylic acids is 1. The monoisotopic (exact) mass is 543 g/mol. The van der Waals surface area contributed by atoms with Gasteiger partial charge in [-0.05, 0) is 30.5 Å². The van der Waals surface area contributed by atoms with Gasteiger partial charge in [-0.2, -0.15) is 0 Å². The number of aromatic nitrogens is 4. The molecule has 0 radical (unpaired) electrons. The molecule has 35 heavy (non-hydrogen) atoms. The summed E-state index contributed by atoms with van der Waals surface area (Å²) in [4.78, 5) is 12.3.